The Morgan fingerprint density at radius 3 is 2.31 bits per heavy atom. The van der Waals surface area contributed by atoms with E-state index in [-0.39, 0.29) is 0 Å². The summed E-state index contributed by atoms with van der Waals surface area (Å²) in [7, 11) is 4.16. The van der Waals surface area contributed by atoms with Gasteiger partial charge in [-0.2, -0.15) is 0 Å². The molecule has 0 fully saturated rings. The minimum atomic E-state index is 0.417. The van der Waals surface area contributed by atoms with E-state index in [4.69, 9.17) is 0 Å². The van der Waals surface area contributed by atoms with Crippen LogP contribution in [0.2, 0.25) is 0 Å². The Kier molecular flexibility index (Phi) is 5.40. The molecule has 16 heavy (non-hydrogen) atoms. The monoisotopic (exact) mass is 334 g/mol. The summed E-state index contributed by atoms with van der Waals surface area (Å²) in [6, 6.07) is 0.417. The Morgan fingerprint density at radius 2 is 1.88 bits per heavy atom. The highest BCUT2D eigenvalue weighted by molar-refractivity contribution is 14.1. The van der Waals surface area contributed by atoms with Crippen molar-refractivity contribution in [3.8, 4) is 0 Å². The smallest absolute Gasteiger partial charge is 0.225 e. The van der Waals surface area contributed by atoms with Crippen molar-refractivity contribution in [2.75, 3.05) is 32.1 Å². The molecule has 0 N–H and O–H groups in total. The summed E-state index contributed by atoms with van der Waals surface area (Å²) in [5.41, 5.74) is 0. The molecule has 5 heteroatoms. The zero-order valence-corrected chi connectivity index (χ0v) is 12.5. The molecule has 0 amide bonds. The molecule has 0 aromatic carbocycles. The highest BCUT2D eigenvalue weighted by Gasteiger charge is 2.15. The van der Waals surface area contributed by atoms with E-state index in [2.05, 4.69) is 70.3 Å². The molecule has 1 aromatic rings. The fourth-order valence-corrected chi connectivity index (χ4v) is 2.01. The lowest BCUT2D eigenvalue weighted by Crippen LogP contribution is -2.41. The van der Waals surface area contributed by atoms with E-state index in [0.29, 0.717) is 6.04 Å². The topological polar surface area (TPSA) is 32.3 Å². The Morgan fingerprint density at radius 1 is 1.31 bits per heavy atom. The van der Waals surface area contributed by atoms with Gasteiger partial charge in [0.25, 0.3) is 0 Å². The van der Waals surface area contributed by atoms with Gasteiger partial charge in [-0.05, 0) is 50.5 Å². The van der Waals surface area contributed by atoms with Gasteiger partial charge in [0.1, 0.15) is 0 Å². The summed E-state index contributed by atoms with van der Waals surface area (Å²) in [5, 5.41) is 0. The molecule has 0 aliphatic rings. The number of hydrogen-bond acceptors (Lipinski definition) is 4. The summed E-state index contributed by atoms with van der Waals surface area (Å²) in [6.45, 7) is 6.26. The normalized spacial score (nSPS) is 12.9. The highest BCUT2D eigenvalue weighted by atomic mass is 127. The zero-order chi connectivity index (χ0) is 12.1. The van der Waals surface area contributed by atoms with Crippen LogP contribution >= 0.6 is 22.6 Å². The van der Waals surface area contributed by atoms with Gasteiger partial charge in [-0.3, -0.25) is 0 Å². The lowest BCUT2D eigenvalue weighted by Gasteiger charge is -2.29. The van der Waals surface area contributed by atoms with E-state index < -0.39 is 0 Å². The van der Waals surface area contributed by atoms with Gasteiger partial charge in [-0.15, -0.1) is 0 Å². The molecule has 1 rings (SSSR count). The molecular weight excluding hydrogens is 315 g/mol. The third-order valence-corrected chi connectivity index (χ3v) is 2.92. The first-order valence-electron chi connectivity index (χ1n) is 5.43. The van der Waals surface area contributed by atoms with Gasteiger partial charge >= 0.3 is 0 Å². The second-order valence-electron chi connectivity index (χ2n) is 4.10. The zero-order valence-electron chi connectivity index (χ0n) is 10.3. The van der Waals surface area contributed by atoms with Crippen molar-refractivity contribution in [3.05, 3.63) is 16.0 Å². The summed E-state index contributed by atoms with van der Waals surface area (Å²) >= 11 is 2.22. The molecule has 4 nitrogen and oxygen atoms in total. The van der Waals surface area contributed by atoms with Gasteiger partial charge in [0.15, 0.2) is 0 Å². The summed E-state index contributed by atoms with van der Waals surface area (Å²) < 4.78 is 1.07. The third-order valence-electron chi connectivity index (χ3n) is 2.37. The maximum absolute atomic E-state index is 4.37. The minimum absolute atomic E-state index is 0.417. The number of halogens is 1. The van der Waals surface area contributed by atoms with Crippen LogP contribution in [0.4, 0.5) is 5.95 Å². The molecule has 0 saturated heterocycles. The molecule has 1 heterocycles. The van der Waals surface area contributed by atoms with Crippen LogP contribution in [0.3, 0.4) is 0 Å². The summed E-state index contributed by atoms with van der Waals surface area (Å²) in [6.07, 6.45) is 3.71. The molecule has 0 spiro atoms. The van der Waals surface area contributed by atoms with E-state index in [9.17, 15) is 0 Å². The fraction of sp³-hybridized carbons (Fsp3) is 0.636. The number of rotatable bonds is 5. The first-order valence-corrected chi connectivity index (χ1v) is 6.51. The van der Waals surface area contributed by atoms with Gasteiger partial charge in [0.2, 0.25) is 5.95 Å². The van der Waals surface area contributed by atoms with Crippen molar-refractivity contribution >= 4 is 28.5 Å². The molecule has 90 valence electrons. The van der Waals surface area contributed by atoms with Crippen molar-refractivity contribution in [3.63, 3.8) is 0 Å². The van der Waals surface area contributed by atoms with E-state index in [0.717, 1.165) is 22.6 Å². The molecule has 0 aliphatic carbocycles. The number of hydrogen-bond donors (Lipinski definition) is 0. The maximum atomic E-state index is 4.37. The van der Waals surface area contributed by atoms with Crippen molar-refractivity contribution in [2.24, 2.45) is 0 Å². The van der Waals surface area contributed by atoms with Crippen LogP contribution in [-0.2, 0) is 0 Å². The van der Waals surface area contributed by atoms with Gasteiger partial charge in [-0.25, -0.2) is 9.97 Å². The second-order valence-corrected chi connectivity index (χ2v) is 5.34. The van der Waals surface area contributed by atoms with Crippen LogP contribution in [0.15, 0.2) is 12.4 Å². The van der Waals surface area contributed by atoms with Crippen LogP contribution in [0.5, 0.6) is 0 Å². The Balaban J connectivity index is 2.77. The Hall–Kier alpha value is -0.430. The molecule has 0 aliphatic heterocycles. The van der Waals surface area contributed by atoms with E-state index >= 15 is 0 Å². The first kappa shape index (κ1) is 13.6. The molecular formula is C11H19IN4. The van der Waals surface area contributed by atoms with E-state index in [1.807, 2.05) is 12.4 Å². The quantitative estimate of drug-likeness (QED) is 0.770. The van der Waals surface area contributed by atoms with Gasteiger partial charge in [-0.1, -0.05) is 0 Å². The van der Waals surface area contributed by atoms with Gasteiger partial charge < -0.3 is 9.80 Å². The molecule has 0 bridgehead atoms. The Bertz CT molecular complexity index is 312. The maximum Gasteiger partial charge on any atom is 0.225 e. The van der Waals surface area contributed by atoms with Crippen LogP contribution < -0.4 is 4.90 Å². The SMILES string of the molecule is CCN(c1ncc(I)cn1)C(C)CN(C)C. The molecule has 0 radical (unpaired) electrons. The van der Waals surface area contributed by atoms with Crippen LogP contribution in [0, 0.1) is 3.57 Å². The number of anilines is 1. The molecule has 1 atom stereocenters. The fourth-order valence-electron chi connectivity index (χ4n) is 1.73. The lowest BCUT2D eigenvalue weighted by atomic mass is 10.3. The average Bonchev–Trinajstić information content (AvgIpc) is 2.21. The largest absolute Gasteiger partial charge is 0.337 e. The second kappa shape index (κ2) is 6.34. The number of aromatic nitrogens is 2. The summed E-state index contributed by atoms with van der Waals surface area (Å²) in [5.74, 6) is 0.817. The van der Waals surface area contributed by atoms with Crippen molar-refractivity contribution in [2.45, 2.75) is 19.9 Å². The molecule has 1 aromatic heterocycles. The standard InChI is InChI=1S/C11H19IN4/c1-5-16(9(2)8-15(3)4)11-13-6-10(12)7-14-11/h6-7,9H,5,8H2,1-4H3. The number of likely N-dealkylation sites (N-methyl/N-ethyl adjacent to an activating group) is 2. The van der Waals surface area contributed by atoms with Crippen LogP contribution in [0.1, 0.15) is 13.8 Å². The predicted molar refractivity (Wildman–Crippen MR) is 75.8 cm³/mol. The van der Waals surface area contributed by atoms with Gasteiger partial charge in [0.05, 0.1) is 0 Å². The van der Waals surface area contributed by atoms with Crippen molar-refractivity contribution in [1.82, 2.24) is 14.9 Å². The highest BCUT2D eigenvalue weighted by Crippen LogP contribution is 2.12. The lowest BCUT2D eigenvalue weighted by molar-refractivity contribution is 0.371. The number of nitrogens with zero attached hydrogens (tertiary/aromatic N) is 4. The third kappa shape index (κ3) is 3.86. The molecule has 1 unspecified atom stereocenters. The van der Waals surface area contributed by atoms with Crippen LogP contribution in [-0.4, -0.2) is 48.1 Å². The van der Waals surface area contributed by atoms with Crippen molar-refractivity contribution in [1.29, 1.82) is 0 Å². The van der Waals surface area contributed by atoms with E-state index in [1.54, 1.807) is 0 Å². The summed E-state index contributed by atoms with van der Waals surface area (Å²) in [4.78, 5) is 13.1. The average molecular weight is 334 g/mol. The van der Waals surface area contributed by atoms with E-state index in [1.165, 1.54) is 0 Å². The predicted octanol–water partition coefficient (Wildman–Crippen LogP) is 1.86. The minimum Gasteiger partial charge on any atom is -0.337 e. The van der Waals surface area contributed by atoms with Crippen LogP contribution in [0.25, 0.3) is 0 Å². The van der Waals surface area contributed by atoms with Gasteiger partial charge in [0, 0.05) is 35.1 Å². The Labute approximate surface area is 111 Å². The first-order chi connectivity index (χ1) is 7.54. The van der Waals surface area contributed by atoms with Crippen molar-refractivity contribution < 1.29 is 0 Å². The molecule has 0 saturated carbocycles.